The molecular weight excluding hydrogens is 685 g/mol. The maximum Gasteiger partial charge on any atom is 0.306 e. The quantitative estimate of drug-likeness (QED) is 0.0266. The summed E-state index contributed by atoms with van der Waals surface area (Å²) < 4.78 is 16.7. The summed E-state index contributed by atoms with van der Waals surface area (Å²) in [6.45, 7) is 6.50. The average Bonchev–Trinajstić information content (AvgIpc) is 3.18. The highest BCUT2D eigenvalue weighted by molar-refractivity contribution is 5.71. The molecular formula is C49H88O6. The van der Waals surface area contributed by atoms with Crippen molar-refractivity contribution in [2.24, 2.45) is 0 Å². The van der Waals surface area contributed by atoms with E-state index < -0.39 is 6.10 Å². The second kappa shape index (κ2) is 44.3. The topological polar surface area (TPSA) is 78.9 Å². The Morgan fingerprint density at radius 2 is 0.709 bits per heavy atom. The molecule has 320 valence electrons. The van der Waals surface area contributed by atoms with Gasteiger partial charge in [0.15, 0.2) is 6.10 Å². The van der Waals surface area contributed by atoms with Crippen LogP contribution in [0.15, 0.2) is 36.5 Å². The Bertz CT molecular complexity index is 938. The monoisotopic (exact) mass is 773 g/mol. The first kappa shape index (κ1) is 52.6. The highest BCUT2D eigenvalue weighted by atomic mass is 16.6. The molecule has 0 aromatic heterocycles. The fourth-order valence-electron chi connectivity index (χ4n) is 6.63. The molecule has 6 heteroatoms. The van der Waals surface area contributed by atoms with Gasteiger partial charge in [-0.05, 0) is 51.4 Å². The Labute approximate surface area is 340 Å². The summed E-state index contributed by atoms with van der Waals surface area (Å²) in [6, 6.07) is 0. The zero-order valence-corrected chi connectivity index (χ0v) is 36.4. The second-order valence-corrected chi connectivity index (χ2v) is 15.6. The summed E-state index contributed by atoms with van der Waals surface area (Å²) in [6.07, 6.45) is 49.8. The molecule has 0 bridgehead atoms. The molecule has 0 spiro atoms. The van der Waals surface area contributed by atoms with E-state index in [1.54, 1.807) is 0 Å². The molecule has 0 saturated heterocycles. The van der Waals surface area contributed by atoms with E-state index in [0.29, 0.717) is 19.3 Å². The number of hydrogen-bond acceptors (Lipinski definition) is 6. The van der Waals surface area contributed by atoms with E-state index in [0.717, 1.165) is 96.3 Å². The van der Waals surface area contributed by atoms with E-state index in [9.17, 15) is 14.4 Å². The lowest BCUT2D eigenvalue weighted by molar-refractivity contribution is -0.167. The molecule has 0 aromatic rings. The average molecular weight is 773 g/mol. The van der Waals surface area contributed by atoms with E-state index in [2.05, 4.69) is 57.2 Å². The van der Waals surface area contributed by atoms with Gasteiger partial charge in [0.2, 0.25) is 0 Å². The molecule has 0 amide bonds. The van der Waals surface area contributed by atoms with E-state index in [1.165, 1.54) is 103 Å². The first-order valence-electron chi connectivity index (χ1n) is 23.5. The third-order valence-electron chi connectivity index (χ3n) is 10.2. The number of rotatable bonds is 42. The van der Waals surface area contributed by atoms with Crippen molar-refractivity contribution in [3.8, 4) is 0 Å². The summed E-state index contributed by atoms with van der Waals surface area (Å²) >= 11 is 0. The highest BCUT2D eigenvalue weighted by Gasteiger charge is 2.19. The van der Waals surface area contributed by atoms with Crippen LogP contribution in [0.1, 0.15) is 239 Å². The first-order chi connectivity index (χ1) is 27.0. The number of allylic oxidation sites excluding steroid dienone is 6. The summed E-state index contributed by atoms with van der Waals surface area (Å²) in [5, 5.41) is 0. The maximum atomic E-state index is 12.7. The van der Waals surface area contributed by atoms with Crippen molar-refractivity contribution in [1.29, 1.82) is 0 Å². The zero-order chi connectivity index (χ0) is 40.1. The molecule has 1 atom stereocenters. The van der Waals surface area contributed by atoms with Gasteiger partial charge in [0, 0.05) is 19.3 Å². The SMILES string of the molecule is CC/C=C\C/C=C\C/C=C\CCCCCCCC(=O)OC[C@@H](COC(=O)CCCCCCCCCCCC)OC(=O)CCCCCCCCCCCCCC. The van der Waals surface area contributed by atoms with Crippen molar-refractivity contribution in [2.45, 2.75) is 245 Å². The van der Waals surface area contributed by atoms with Crippen molar-refractivity contribution >= 4 is 17.9 Å². The number of hydrogen-bond donors (Lipinski definition) is 0. The minimum absolute atomic E-state index is 0.0743. The Kier molecular flexibility index (Phi) is 42.4. The van der Waals surface area contributed by atoms with Crippen molar-refractivity contribution < 1.29 is 28.6 Å². The molecule has 0 N–H and O–H groups in total. The number of ether oxygens (including phenoxy) is 3. The minimum Gasteiger partial charge on any atom is -0.462 e. The highest BCUT2D eigenvalue weighted by Crippen LogP contribution is 2.15. The Hall–Kier alpha value is -2.37. The first-order valence-corrected chi connectivity index (χ1v) is 23.5. The molecule has 0 aliphatic rings. The van der Waals surface area contributed by atoms with Gasteiger partial charge >= 0.3 is 17.9 Å². The van der Waals surface area contributed by atoms with Crippen LogP contribution < -0.4 is 0 Å². The summed E-state index contributed by atoms with van der Waals surface area (Å²) in [7, 11) is 0. The fraction of sp³-hybridized carbons (Fsp3) is 0.816. The van der Waals surface area contributed by atoms with Gasteiger partial charge in [-0.2, -0.15) is 0 Å². The van der Waals surface area contributed by atoms with Crippen LogP contribution in [0.5, 0.6) is 0 Å². The molecule has 0 fully saturated rings. The largest absolute Gasteiger partial charge is 0.462 e. The predicted molar refractivity (Wildman–Crippen MR) is 233 cm³/mol. The molecule has 0 aliphatic heterocycles. The van der Waals surface area contributed by atoms with Crippen molar-refractivity contribution in [2.75, 3.05) is 13.2 Å². The Balaban J connectivity index is 4.37. The second-order valence-electron chi connectivity index (χ2n) is 15.6. The van der Waals surface area contributed by atoms with Gasteiger partial charge in [-0.1, -0.05) is 205 Å². The Morgan fingerprint density at radius 3 is 1.11 bits per heavy atom. The van der Waals surface area contributed by atoms with Crippen LogP contribution in [0.4, 0.5) is 0 Å². The van der Waals surface area contributed by atoms with E-state index >= 15 is 0 Å². The lowest BCUT2D eigenvalue weighted by atomic mass is 10.0. The summed E-state index contributed by atoms with van der Waals surface area (Å²) in [5.41, 5.74) is 0. The van der Waals surface area contributed by atoms with Gasteiger partial charge in [-0.3, -0.25) is 14.4 Å². The minimum atomic E-state index is -0.771. The van der Waals surface area contributed by atoms with Crippen LogP contribution in [-0.4, -0.2) is 37.2 Å². The van der Waals surface area contributed by atoms with Gasteiger partial charge in [-0.15, -0.1) is 0 Å². The van der Waals surface area contributed by atoms with Gasteiger partial charge in [0.1, 0.15) is 13.2 Å². The van der Waals surface area contributed by atoms with E-state index in [4.69, 9.17) is 14.2 Å². The van der Waals surface area contributed by atoms with Gasteiger partial charge in [0.25, 0.3) is 0 Å². The lowest BCUT2D eigenvalue weighted by Gasteiger charge is -2.18. The number of esters is 3. The third-order valence-corrected chi connectivity index (χ3v) is 10.2. The number of carbonyl (C=O) groups excluding carboxylic acids is 3. The molecule has 55 heavy (non-hydrogen) atoms. The molecule has 0 heterocycles. The molecule has 0 aromatic carbocycles. The van der Waals surface area contributed by atoms with Crippen molar-refractivity contribution in [3.05, 3.63) is 36.5 Å². The van der Waals surface area contributed by atoms with Crippen LogP contribution in [0.25, 0.3) is 0 Å². The Morgan fingerprint density at radius 1 is 0.382 bits per heavy atom. The van der Waals surface area contributed by atoms with Crippen LogP contribution in [0.3, 0.4) is 0 Å². The maximum absolute atomic E-state index is 12.7. The lowest BCUT2D eigenvalue weighted by Crippen LogP contribution is -2.30. The molecule has 6 nitrogen and oxygen atoms in total. The van der Waals surface area contributed by atoms with E-state index in [-0.39, 0.29) is 31.1 Å². The molecule has 0 radical (unpaired) electrons. The standard InChI is InChI=1S/C49H88O6/c1-4-7-10-13-16-19-22-24-25-26-28-30-33-36-39-42-48(51)54-45-46(44-53-47(50)41-38-35-32-29-21-18-15-12-9-6-3)55-49(52)43-40-37-34-31-27-23-20-17-14-11-8-5-2/h7,10,16,19,24-25,46H,4-6,8-9,11-15,17-18,20-23,26-45H2,1-3H3/b10-7-,19-16-,25-24-/t46-/m1/s1. The molecule has 0 saturated carbocycles. The van der Waals surface area contributed by atoms with Crippen molar-refractivity contribution in [1.82, 2.24) is 0 Å². The van der Waals surface area contributed by atoms with Gasteiger partial charge < -0.3 is 14.2 Å². The fourth-order valence-corrected chi connectivity index (χ4v) is 6.63. The third kappa shape index (κ3) is 42.6. The zero-order valence-electron chi connectivity index (χ0n) is 36.4. The van der Waals surface area contributed by atoms with Gasteiger partial charge in [-0.25, -0.2) is 0 Å². The van der Waals surface area contributed by atoms with Crippen molar-refractivity contribution in [3.63, 3.8) is 0 Å². The number of unbranched alkanes of at least 4 members (excludes halogenated alkanes) is 25. The molecule has 0 unspecified atom stereocenters. The molecule has 0 aliphatic carbocycles. The predicted octanol–water partition coefficient (Wildman–Crippen LogP) is 15.0. The smallest absolute Gasteiger partial charge is 0.306 e. The van der Waals surface area contributed by atoms with E-state index in [1.807, 2.05) is 0 Å². The van der Waals surface area contributed by atoms with Crippen LogP contribution in [0.2, 0.25) is 0 Å². The summed E-state index contributed by atoms with van der Waals surface area (Å²) in [5.74, 6) is -0.888. The number of carbonyl (C=O) groups is 3. The van der Waals surface area contributed by atoms with Crippen LogP contribution in [0, 0.1) is 0 Å². The van der Waals surface area contributed by atoms with Gasteiger partial charge in [0.05, 0.1) is 0 Å². The summed E-state index contributed by atoms with van der Waals surface area (Å²) in [4.78, 5) is 37.7. The molecule has 0 rings (SSSR count). The normalized spacial score (nSPS) is 12.3. The van der Waals surface area contributed by atoms with Crippen LogP contribution >= 0.6 is 0 Å². The van der Waals surface area contributed by atoms with Crippen LogP contribution in [-0.2, 0) is 28.6 Å².